The number of carbonyl (C=O) groups excluding carboxylic acids is 1. The third-order valence-corrected chi connectivity index (χ3v) is 2.83. The van der Waals surface area contributed by atoms with Gasteiger partial charge in [-0.25, -0.2) is 9.97 Å². The van der Waals surface area contributed by atoms with Gasteiger partial charge in [0.1, 0.15) is 5.75 Å². The Labute approximate surface area is 114 Å². The number of pyridine rings is 1. The molecule has 3 aromatic heterocycles. The zero-order valence-electron chi connectivity index (χ0n) is 10.4. The van der Waals surface area contributed by atoms with Gasteiger partial charge in [0.25, 0.3) is 5.91 Å². The molecule has 0 aromatic carbocycles. The van der Waals surface area contributed by atoms with Gasteiger partial charge >= 0.3 is 0 Å². The van der Waals surface area contributed by atoms with Crippen molar-refractivity contribution in [1.82, 2.24) is 24.7 Å². The lowest BCUT2D eigenvalue weighted by molar-refractivity contribution is 0.0942. The van der Waals surface area contributed by atoms with Gasteiger partial charge in [-0.1, -0.05) is 0 Å². The summed E-state index contributed by atoms with van der Waals surface area (Å²) < 4.78 is 1.82. The Morgan fingerprint density at radius 1 is 1.30 bits per heavy atom. The first-order chi connectivity index (χ1) is 9.75. The molecule has 20 heavy (non-hydrogen) atoms. The van der Waals surface area contributed by atoms with E-state index in [1.165, 1.54) is 12.3 Å². The van der Waals surface area contributed by atoms with Gasteiger partial charge in [0.15, 0.2) is 11.3 Å². The summed E-state index contributed by atoms with van der Waals surface area (Å²) in [6.45, 7) is 0.278. The number of rotatable bonds is 3. The Morgan fingerprint density at radius 2 is 2.20 bits per heavy atom. The van der Waals surface area contributed by atoms with Gasteiger partial charge in [-0.05, 0) is 12.1 Å². The number of hydrogen-bond acceptors (Lipinski definition) is 5. The molecule has 2 N–H and O–H groups in total. The van der Waals surface area contributed by atoms with Crippen molar-refractivity contribution in [1.29, 1.82) is 0 Å². The van der Waals surface area contributed by atoms with Crippen molar-refractivity contribution >= 4 is 11.6 Å². The van der Waals surface area contributed by atoms with Gasteiger partial charge in [-0.2, -0.15) is 0 Å². The number of aromatic hydroxyl groups is 1. The lowest BCUT2D eigenvalue weighted by Gasteiger charge is -2.05. The van der Waals surface area contributed by atoms with Crippen LogP contribution >= 0.6 is 0 Å². The lowest BCUT2D eigenvalue weighted by Crippen LogP contribution is -2.24. The molecule has 7 heteroatoms. The molecule has 0 saturated heterocycles. The van der Waals surface area contributed by atoms with Gasteiger partial charge in [0.05, 0.1) is 24.6 Å². The molecule has 3 rings (SSSR count). The van der Waals surface area contributed by atoms with E-state index in [2.05, 4.69) is 20.3 Å². The molecule has 3 aromatic rings. The number of imidazole rings is 1. The summed E-state index contributed by atoms with van der Waals surface area (Å²) in [5.74, 6) is -0.584. The number of fused-ring (bicyclic) bond motifs is 1. The van der Waals surface area contributed by atoms with Gasteiger partial charge < -0.3 is 10.4 Å². The molecular weight excluding hydrogens is 258 g/mol. The Kier molecular flexibility index (Phi) is 3.00. The van der Waals surface area contributed by atoms with E-state index in [9.17, 15) is 9.90 Å². The minimum atomic E-state index is -0.438. The molecule has 0 aliphatic carbocycles. The summed E-state index contributed by atoms with van der Waals surface area (Å²) in [7, 11) is 0. The van der Waals surface area contributed by atoms with Gasteiger partial charge in [-0.15, -0.1) is 0 Å². The number of hydrogen-bond donors (Lipinski definition) is 2. The molecule has 0 bridgehead atoms. The molecule has 0 saturated carbocycles. The smallest absolute Gasteiger partial charge is 0.274 e. The van der Waals surface area contributed by atoms with Gasteiger partial charge in [0, 0.05) is 18.6 Å². The molecule has 0 unspecified atom stereocenters. The highest BCUT2D eigenvalue weighted by atomic mass is 16.3. The maximum Gasteiger partial charge on any atom is 0.274 e. The van der Waals surface area contributed by atoms with E-state index in [4.69, 9.17) is 0 Å². The van der Waals surface area contributed by atoms with Gasteiger partial charge in [0.2, 0.25) is 0 Å². The van der Waals surface area contributed by atoms with E-state index in [1.54, 1.807) is 30.9 Å². The average molecular weight is 269 g/mol. The van der Waals surface area contributed by atoms with E-state index in [0.29, 0.717) is 5.65 Å². The fourth-order valence-electron chi connectivity index (χ4n) is 1.85. The van der Waals surface area contributed by atoms with Crippen molar-refractivity contribution in [3.8, 4) is 5.75 Å². The van der Waals surface area contributed by atoms with Crippen LogP contribution in [0.4, 0.5) is 0 Å². The molecule has 0 aliphatic heterocycles. The lowest BCUT2D eigenvalue weighted by atomic mass is 10.3. The van der Waals surface area contributed by atoms with Crippen molar-refractivity contribution in [2.45, 2.75) is 6.54 Å². The zero-order chi connectivity index (χ0) is 13.9. The van der Waals surface area contributed by atoms with Crippen LogP contribution in [0.25, 0.3) is 5.65 Å². The Bertz CT molecular complexity index is 768. The molecule has 0 spiro atoms. The van der Waals surface area contributed by atoms with Crippen molar-refractivity contribution in [2.24, 2.45) is 0 Å². The number of aromatic nitrogens is 4. The van der Waals surface area contributed by atoms with Crippen LogP contribution in [0.2, 0.25) is 0 Å². The summed E-state index contributed by atoms with van der Waals surface area (Å²) >= 11 is 0. The summed E-state index contributed by atoms with van der Waals surface area (Å²) in [5.41, 5.74) is 1.52. The van der Waals surface area contributed by atoms with E-state index in [1.807, 2.05) is 4.40 Å². The molecule has 0 atom stereocenters. The zero-order valence-corrected chi connectivity index (χ0v) is 10.4. The average Bonchev–Trinajstić information content (AvgIpc) is 2.88. The third kappa shape index (κ3) is 2.16. The van der Waals surface area contributed by atoms with Crippen molar-refractivity contribution < 1.29 is 9.90 Å². The van der Waals surface area contributed by atoms with E-state index in [0.717, 1.165) is 5.69 Å². The summed E-state index contributed by atoms with van der Waals surface area (Å²) in [5, 5.41) is 12.3. The SMILES string of the molecule is O=C(NCc1cnc2cnccn12)c1ncccc1O. The van der Waals surface area contributed by atoms with E-state index >= 15 is 0 Å². The van der Waals surface area contributed by atoms with Crippen molar-refractivity contribution in [2.75, 3.05) is 0 Å². The minimum Gasteiger partial charge on any atom is -0.505 e. The fraction of sp³-hybridized carbons (Fsp3) is 0.0769. The standard InChI is InChI=1S/C13H11N5O2/c19-10-2-1-3-15-12(10)13(20)17-7-9-6-16-11-8-14-4-5-18(9)11/h1-6,8,19H,7H2,(H,17,20). The normalized spacial score (nSPS) is 10.6. The predicted molar refractivity (Wildman–Crippen MR) is 70.1 cm³/mol. The topological polar surface area (TPSA) is 92.4 Å². The highest BCUT2D eigenvalue weighted by molar-refractivity contribution is 5.94. The fourth-order valence-corrected chi connectivity index (χ4v) is 1.85. The molecule has 100 valence electrons. The first-order valence-corrected chi connectivity index (χ1v) is 5.94. The second-order valence-electron chi connectivity index (χ2n) is 4.11. The first kappa shape index (κ1) is 12.1. The summed E-state index contributed by atoms with van der Waals surface area (Å²) in [6.07, 6.45) is 8.16. The summed E-state index contributed by atoms with van der Waals surface area (Å²) in [6, 6.07) is 2.98. The van der Waals surface area contributed by atoms with E-state index < -0.39 is 5.91 Å². The number of nitrogens with zero attached hydrogens (tertiary/aromatic N) is 4. The maximum atomic E-state index is 11.9. The largest absolute Gasteiger partial charge is 0.505 e. The Hall–Kier alpha value is -2.96. The highest BCUT2D eigenvalue weighted by Gasteiger charge is 2.12. The van der Waals surface area contributed by atoms with Crippen LogP contribution in [0.3, 0.4) is 0 Å². The van der Waals surface area contributed by atoms with E-state index in [-0.39, 0.29) is 18.0 Å². The second kappa shape index (κ2) is 4.96. The van der Waals surface area contributed by atoms with Crippen LogP contribution in [0.5, 0.6) is 5.75 Å². The molecule has 3 heterocycles. The number of nitrogens with one attached hydrogen (secondary N) is 1. The Morgan fingerprint density at radius 3 is 3.05 bits per heavy atom. The molecule has 1 amide bonds. The molecule has 0 fully saturated rings. The number of amides is 1. The molecule has 0 aliphatic rings. The molecular formula is C13H11N5O2. The Balaban J connectivity index is 1.77. The van der Waals surface area contributed by atoms with Crippen LogP contribution in [0.15, 0.2) is 43.1 Å². The minimum absolute atomic E-state index is 0.00277. The maximum absolute atomic E-state index is 11.9. The molecule has 0 radical (unpaired) electrons. The van der Waals surface area contributed by atoms with Crippen LogP contribution < -0.4 is 5.32 Å². The summed E-state index contributed by atoms with van der Waals surface area (Å²) in [4.78, 5) is 23.9. The monoisotopic (exact) mass is 269 g/mol. The second-order valence-corrected chi connectivity index (χ2v) is 4.11. The quantitative estimate of drug-likeness (QED) is 0.732. The third-order valence-electron chi connectivity index (χ3n) is 2.83. The van der Waals surface area contributed by atoms with Crippen LogP contribution in [-0.4, -0.2) is 30.4 Å². The van der Waals surface area contributed by atoms with Gasteiger partial charge in [-0.3, -0.25) is 14.2 Å². The number of carbonyl (C=O) groups is 1. The predicted octanol–water partition coefficient (Wildman–Crippen LogP) is 0.760. The van der Waals surface area contributed by atoms with Crippen molar-refractivity contribution in [3.05, 3.63) is 54.5 Å². The van der Waals surface area contributed by atoms with Crippen molar-refractivity contribution in [3.63, 3.8) is 0 Å². The first-order valence-electron chi connectivity index (χ1n) is 5.94. The van der Waals surface area contributed by atoms with Crippen LogP contribution in [-0.2, 0) is 6.54 Å². The highest BCUT2D eigenvalue weighted by Crippen LogP contribution is 2.12. The van der Waals surface area contributed by atoms with Crippen LogP contribution in [0.1, 0.15) is 16.2 Å². The molecule has 7 nitrogen and oxygen atoms in total. The van der Waals surface area contributed by atoms with Crippen LogP contribution in [0, 0.1) is 0 Å².